The van der Waals surface area contributed by atoms with Crippen molar-refractivity contribution in [3.8, 4) is 0 Å². The largest absolute Gasteiger partial charge is 0.409 e. The summed E-state index contributed by atoms with van der Waals surface area (Å²) in [6.07, 6.45) is 2.29. The maximum absolute atomic E-state index is 13.3. The maximum atomic E-state index is 13.3. The van der Waals surface area contributed by atoms with Crippen molar-refractivity contribution in [3.05, 3.63) is 29.8 Å². The molecule has 0 fully saturated rings. The number of hydrogen-bond acceptors (Lipinski definition) is 4. The Hall–Kier alpha value is -2.18. The van der Waals surface area contributed by atoms with Crippen LogP contribution in [0.3, 0.4) is 0 Å². The lowest BCUT2D eigenvalue weighted by molar-refractivity contribution is 0.0781. The van der Waals surface area contributed by atoms with E-state index in [4.69, 9.17) is 10.9 Å². The second-order valence-corrected chi connectivity index (χ2v) is 3.27. The number of hydrogen-bond donors (Lipinski definition) is 2. The van der Waals surface area contributed by atoms with Gasteiger partial charge in [-0.05, 0) is 13.0 Å². The maximum Gasteiger partial charge on any atom is 0.257 e. The molecule has 17 heavy (non-hydrogen) atoms. The Bertz CT molecular complexity index is 436. The molecular weight excluding hydrogens is 227 g/mol. The van der Waals surface area contributed by atoms with Crippen molar-refractivity contribution in [1.29, 1.82) is 0 Å². The molecule has 0 bridgehead atoms. The standard InChI is InChI=1S/C10H13FN4O2/c1-2-15(6-9(12)14-17)10(16)7-3-4-13-5-8(7)11/h3-5,17H,2,6H2,1H3,(H2,12,14). The number of nitrogens with two attached hydrogens (primary N) is 1. The third kappa shape index (κ3) is 3.13. The van der Waals surface area contributed by atoms with Crippen LogP contribution in [0.1, 0.15) is 17.3 Å². The molecule has 1 aromatic rings. The number of likely N-dealkylation sites (N-methyl/N-ethyl adjacent to an activating group) is 1. The predicted octanol–water partition coefficient (Wildman–Crippen LogP) is 0.429. The lowest BCUT2D eigenvalue weighted by atomic mass is 10.2. The molecule has 0 saturated heterocycles. The molecule has 1 amide bonds. The summed E-state index contributed by atoms with van der Waals surface area (Å²) in [5.74, 6) is -1.34. The van der Waals surface area contributed by atoms with Gasteiger partial charge in [-0.2, -0.15) is 0 Å². The summed E-state index contributed by atoms with van der Waals surface area (Å²) < 4.78 is 13.3. The van der Waals surface area contributed by atoms with Crippen molar-refractivity contribution < 1.29 is 14.4 Å². The van der Waals surface area contributed by atoms with Crippen molar-refractivity contribution in [3.63, 3.8) is 0 Å². The summed E-state index contributed by atoms with van der Waals surface area (Å²) in [5, 5.41) is 11.2. The van der Waals surface area contributed by atoms with E-state index in [9.17, 15) is 9.18 Å². The number of pyridine rings is 1. The Balaban J connectivity index is 2.91. The van der Waals surface area contributed by atoms with Crippen LogP contribution in [-0.2, 0) is 0 Å². The summed E-state index contributed by atoms with van der Waals surface area (Å²) in [7, 11) is 0. The van der Waals surface area contributed by atoms with E-state index in [1.165, 1.54) is 17.2 Å². The Labute approximate surface area is 97.5 Å². The number of carbonyl (C=O) groups excluding carboxylic acids is 1. The molecule has 0 atom stereocenters. The number of amidine groups is 1. The van der Waals surface area contributed by atoms with Crippen LogP contribution in [0.15, 0.2) is 23.6 Å². The number of amides is 1. The Morgan fingerprint density at radius 1 is 1.71 bits per heavy atom. The van der Waals surface area contributed by atoms with Crippen molar-refractivity contribution in [2.24, 2.45) is 10.9 Å². The lowest BCUT2D eigenvalue weighted by Gasteiger charge is -2.20. The molecule has 1 rings (SSSR count). The summed E-state index contributed by atoms with van der Waals surface area (Å²) in [5.41, 5.74) is 5.21. The molecule has 6 nitrogen and oxygen atoms in total. The van der Waals surface area contributed by atoms with Crippen LogP contribution in [-0.4, -0.2) is 39.9 Å². The molecule has 0 unspecified atom stereocenters. The Morgan fingerprint density at radius 2 is 2.41 bits per heavy atom. The van der Waals surface area contributed by atoms with Crippen LogP contribution in [0.25, 0.3) is 0 Å². The van der Waals surface area contributed by atoms with Gasteiger partial charge in [0.25, 0.3) is 5.91 Å². The van der Waals surface area contributed by atoms with E-state index >= 15 is 0 Å². The first kappa shape index (κ1) is 12.9. The molecule has 1 heterocycles. The molecule has 0 spiro atoms. The number of nitrogens with zero attached hydrogens (tertiary/aromatic N) is 3. The van der Waals surface area contributed by atoms with E-state index in [0.29, 0.717) is 6.54 Å². The van der Waals surface area contributed by atoms with Gasteiger partial charge in [-0.3, -0.25) is 9.78 Å². The van der Waals surface area contributed by atoms with E-state index in [2.05, 4.69) is 10.1 Å². The minimum atomic E-state index is -0.699. The van der Waals surface area contributed by atoms with Crippen molar-refractivity contribution in [2.75, 3.05) is 13.1 Å². The zero-order chi connectivity index (χ0) is 12.8. The fourth-order valence-corrected chi connectivity index (χ4v) is 1.27. The van der Waals surface area contributed by atoms with E-state index in [1.54, 1.807) is 6.92 Å². The van der Waals surface area contributed by atoms with Gasteiger partial charge in [-0.25, -0.2) is 4.39 Å². The van der Waals surface area contributed by atoms with E-state index in [-0.39, 0.29) is 17.9 Å². The molecule has 0 saturated carbocycles. The SMILES string of the molecule is CCN(CC(N)=NO)C(=O)c1ccncc1F. The molecule has 7 heteroatoms. The molecule has 0 aromatic carbocycles. The fraction of sp³-hybridized carbons (Fsp3) is 0.300. The molecule has 1 aromatic heterocycles. The Morgan fingerprint density at radius 3 is 2.94 bits per heavy atom. The topological polar surface area (TPSA) is 91.8 Å². The van der Waals surface area contributed by atoms with Crippen LogP contribution in [0.4, 0.5) is 4.39 Å². The number of rotatable bonds is 4. The minimum absolute atomic E-state index is 0.0619. The second-order valence-electron chi connectivity index (χ2n) is 3.27. The van der Waals surface area contributed by atoms with Crippen molar-refractivity contribution in [1.82, 2.24) is 9.88 Å². The molecule has 0 aliphatic heterocycles. The zero-order valence-corrected chi connectivity index (χ0v) is 9.30. The third-order valence-corrected chi connectivity index (χ3v) is 2.15. The average Bonchev–Trinajstić information content (AvgIpc) is 2.35. The molecular formula is C10H13FN4O2. The van der Waals surface area contributed by atoms with Gasteiger partial charge >= 0.3 is 0 Å². The van der Waals surface area contributed by atoms with Gasteiger partial charge in [-0.1, -0.05) is 5.16 Å². The second kappa shape index (κ2) is 5.78. The molecule has 92 valence electrons. The number of halogens is 1. The van der Waals surface area contributed by atoms with Crippen LogP contribution in [0, 0.1) is 5.82 Å². The highest BCUT2D eigenvalue weighted by Crippen LogP contribution is 2.08. The smallest absolute Gasteiger partial charge is 0.257 e. The molecule has 3 N–H and O–H groups in total. The van der Waals surface area contributed by atoms with Crippen molar-refractivity contribution in [2.45, 2.75) is 6.92 Å². The van der Waals surface area contributed by atoms with Gasteiger partial charge in [0, 0.05) is 12.7 Å². The predicted molar refractivity (Wildman–Crippen MR) is 59.2 cm³/mol. The molecule has 0 aliphatic rings. The Kier molecular flexibility index (Phi) is 4.38. The molecule has 0 aliphatic carbocycles. The number of oxime groups is 1. The third-order valence-electron chi connectivity index (χ3n) is 2.15. The highest BCUT2D eigenvalue weighted by molar-refractivity contribution is 5.97. The number of carbonyl (C=O) groups is 1. The monoisotopic (exact) mass is 240 g/mol. The first-order valence-corrected chi connectivity index (χ1v) is 4.95. The van der Waals surface area contributed by atoms with Crippen LogP contribution >= 0.6 is 0 Å². The van der Waals surface area contributed by atoms with Gasteiger partial charge in [0.15, 0.2) is 11.7 Å². The summed E-state index contributed by atoms with van der Waals surface area (Å²) in [6, 6.07) is 1.28. The summed E-state index contributed by atoms with van der Waals surface area (Å²) >= 11 is 0. The lowest BCUT2D eigenvalue weighted by Crippen LogP contribution is -2.38. The van der Waals surface area contributed by atoms with Gasteiger partial charge in [0.1, 0.15) is 0 Å². The van der Waals surface area contributed by atoms with Gasteiger partial charge in [0.05, 0.1) is 18.3 Å². The fourth-order valence-electron chi connectivity index (χ4n) is 1.27. The zero-order valence-electron chi connectivity index (χ0n) is 9.30. The molecule has 0 radical (unpaired) electrons. The summed E-state index contributed by atoms with van der Waals surface area (Å²) in [4.78, 5) is 16.7. The van der Waals surface area contributed by atoms with Crippen LogP contribution < -0.4 is 5.73 Å². The van der Waals surface area contributed by atoms with E-state index < -0.39 is 11.7 Å². The van der Waals surface area contributed by atoms with E-state index in [1.807, 2.05) is 0 Å². The van der Waals surface area contributed by atoms with Gasteiger partial charge in [-0.15, -0.1) is 0 Å². The first-order valence-electron chi connectivity index (χ1n) is 4.95. The van der Waals surface area contributed by atoms with E-state index in [0.717, 1.165) is 6.20 Å². The number of aromatic nitrogens is 1. The first-order chi connectivity index (χ1) is 8.10. The van der Waals surface area contributed by atoms with Gasteiger partial charge in [0.2, 0.25) is 0 Å². The summed E-state index contributed by atoms with van der Waals surface area (Å²) in [6.45, 7) is 1.96. The van der Waals surface area contributed by atoms with Gasteiger partial charge < -0.3 is 15.8 Å². The average molecular weight is 240 g/mol. The highest BCUT2D eigenvalue weighted by Gasteiger charge is 2.18. The van der Waals surface area contributed by atoms with Crippen molar-refractivity contribution >= 4 is 11.7 Å². The van der Waals surface area contributed by atoms with Crippen LogP contribution in [0.2, 0.25) is 0 Å². The highest BCUT2D eigenvalue weighted by atomic mass is 19.1. The normalized spacial score (nSPS) is 11.3. The van der Waals surface area contributed by atoms with Crippen LogP contribution in [0.5, 0.6) is 0 Å². The quantitative estimate of drug-likeness (QED) is 0.345. The minimum Gasteiger partial charge on any atom is -0.409 e.